The molecule has 1 heterocycles. The van der Waals surface area contributed by atoms with Crippen molar-refractivity contribution in [3.05, 3.63) is 33.8 Å². The Morgan fingerprint density at radius 3 is 2.56 bits per heavy atom. The van der Waals surface area contributed by atoms with Gasteiger partial charge in [0.2, 0.25) is 0 Å². The fourth-order valence-electron chi connectivity index (χ4n) is 2.20. The molecule has 1 fully saturated rings. The molecule has 0 radical (unpaired) electrons. The zero-order valence-corrected chi connectivity index (χ0v) is 11.2. The Morgan fingerprint density at radius 2 is 2.00 bits per heavy atom. The maximum Gasteiger partial charge on any atom is 0.0992 e. The number of nitrogens with zero attached hydrogens (tertiary/aromatic N) is 1. The molecule has 0 spiro atoms. The van der Waals surface area contributed by atoms with E-state index in [4.69, 9.17) is 27.9 Å². The second-order valence-electron chi connectivity index (χ2n) is 4.45. The Labute approximate surface area is 116 Å². The molecular formula is C13H13Cl2NO2. The summed E-state index contributed by atoms with van der Waals surface area (Å²) in [4.78, 5) is 0. The third-order valence-corrected chi connectivity index (χ3v) is 3.95. The molecule has 0 bridgehead atoms. The van der Waals surface area contributed by atoms with Crippen LogP contribution < -0.4 is 0 Å². The van der Waals surface area contributed by atoms with Crippen LogP contribution in [0.1, 0.15) is 24.5 Å². The van der Waals surface area contributed by atoms with Crippen LogP contribution in [0, 0.1) is 16.7 Å². The standard InChI is InChI=1S/C13H13Cl2NO2/c14-9-1-2-10(11(15)7-9)12(17)13(8-16)3-5-18-6-4-13/h1-2,7,12,17H,3-6H2. The van der Waals surface area contributed by atoms with Gasteiger partial charge in [-0.25, -0.2) is 0 Å². The first-order valence-corrected chi connectivity index (χ1v) is 6.47. The van der Waals surface area contributed by atoms with E-state index < -0.39 is 11.5 Å². The van der Waals surface area contributed by atoms with E-state index in [2.05, 4.69) is 6.07 Å². The second kappa shape index (κ2) is 5.46. The summed E-state index contributed by atoms with van der Waals surface area (Å²) >= 11 is 11.9. The third-order valence-electron chi connectivity index (χ3n) is 3.39. The highest BCUT2D eigenvalue weighted by atomic mass is 35.5. The van der Waals surface area contributed by atoms with Crippen LogP contribution in [0.3, 0.4) is 0 Å². The van der Waals surface area contributed by atoms with Gasteiger partial charge in [-0.3, -0.25) is 0 Å². The van der Waals surface area contributed by atoms with Crippen LogP contribution in [0.4, 0.5) is 0 Å². The maximum atomic E-state index is 10.5. The van der Waals surface area contributed by atoms with Gasteiger partial charge >= 0.3 is 0 Å². The Kier molecular flexibility index (Phi) is 4.14. The summed E-state index contributed by atoms with van der Waals surface area (Å²) in [6.07, 6.45) is 0.0870. The van der Waals surface area contributed by atoms with Crippen molar-refractivity contribution >= 4 is 23.2 Å². The van der Waals surface area contributed by atoms with E-state index >= 15 is 0 Å². The van der Waals surface area contributed by atoms with Crippen molar-refractivity contribution in [1.29, 1.82) is 5.26 Å². The van der Waals surface area contributed by atoms with Crippen LogP contribution in [-0.2, 0) is 4.74 Å². The minimum atomic E-state index is -0.920. The molecule has 1 atom stereocenters. The molecule has 3 nitrogen and oxygen atoms in total. The zero-order chi connectivity index (χ0) is 13.2. The van der Waals surface area contributed by atoms with Crippen LogP contribution in [0.15, 0.2) is 18.2 Å². The van der Waals surface area contributed by atoms with Gasteiger partial charge in [-0.1, -0.05) is 29.3 Å². The SMILES string of the molecule is N#CC1(C(O)c2ccc(Cl)cc2Cl)CCOCC1. The van der Waals surface area contributed by atoms with E-state index in [-0.39, 0.29) is 0 Å². The molecule has 2 rings (SSSR count). The van der Waals surface area contributed by atoms with Gasteiger partial charge in [0.15, 0.2) is 0 Å². The van der Waals surface area contributed by atoms with E-state index in [9.17, 15) is 10.4 Å². The largest absolute Gasteiger partial charge is 0.387 e. The number of aliphatic hydroxyl groups is 1. The first-order chi connectivity index (χ1) is 8.59. The molecule has 5 heteroatoms. The van der Waals surface area contributed by atoms with Crippen LogP contribution in [-0.4, -0.2) is 18.3 Å². The number of hydrogen-bond acceptors (Lipinski definition) is 3. The van der Waals surface area contributed by atoms with Crippen molar-refractivity contribution in [3.63, 3.8) is 0 Å². The van der Waals surface area contributed by atoms with E-state index in [0.29, 0.717) is 41.7 Å². The van der Waals surface area contributed by atoms with E-state index in [1.807, 2.05) is 0 Å². The molecule has 0 aromatic heterocycles. The molecule has 0 amide bonds. The molecule has 18 heavy (non-hydrogen) atoms. The predicted molar refractivity (Wildman–Crippen MR) is 69.5 cm³/mol. The number of ether oxygens (including phenoxy) is 1. The van der Waals surface area contributed by atoms with Gasteiger partial charge in [0, 0.05) is 28.8 Å². The lowest BCUT2D eigenvalue weighted by Crippen LogP contribution is -2.34. The summed E-state index contributed by atoms with van der Waals surface area (Å²) in [5.74, 6) is 0. The van der Waals surface area contributed by atoms with Crippen LogP contribution in [0.25, 0.3) is 0 Å². The van der Waals surface area contributed by atoms with Crippen molar-refractivity contribution in [1.82, 2.24) is 0 Å². The first kappa shape index (κ1) is 13.6. The normalized spacial score (nSPS) is 20.1. The van der Waals surface area contributed by atoms with Gasteiger partial charge in [-0.2, -0.15) is 5.26 Å². The number of aliphatic hydroxyl groups excluding tert-OH is 1. The third kappa shape index (κ3) is 2.48. The fourth-order valence-corrected chi connectivity index (χ4v) is 2.71. The van der Waals surface area contributed by atoms with E-state index in [0.717, 1.165) is 0 Å². The average Bonchev–Trinajstić information content (AvgIpc) is 2.39. The van der Waals surface area contributed by atoms with Crippen molar-refractivity contribution in [2.45, 2.75) is 18.9 Å². The lowest BCUT2D eigenvalue weighted by molar-refractivity contribution is -0.0309. The Bertz CT molecular complexity index is 478. The molecule has 96 valence electrons. The van der Waals surface area contributed by atoms with Gasteiger partial charge < -0.3 is 9.84 Å². The highest BCUT2D eigenvalue weighted by Crippen LogP contribution is 2.44. The number of halogens is 2. The van der Waals surface area contributed by atoms with Crippen molar-refractivity contribution in [2.75, 3.05) is 13.2 Å². The lowest BCUT2D eigenvalue weighted by atomic mass is 9.74. The Morgan fingerprint density at radius 1 is 1.33 bits per heavy atom. The summed E-state index contributed by atoms with van der Waals surface area (Å²) in [5, 5.41) is 20.7. The zero-order valence-electron chi connectivity index (χ0n) is 9.70. The summed E-state index contributed by atoms with van der Waals surface area (Å²) < 4.78 is 5.25. The monoisotopic (exact) mass is 285 g/mol. The number of hydrogen-bond donors (Lipinski definition) is 1. The smallest absolute Gasteiger partial charge is 0.0992 e. The topological polar surface area (TPSA) is 53.2 Å². The van der Waals surface area contributed by atoms with Crippen molar-refractivity contribution in [2.24, 2.45) is 5.41 Å². The molecule has 1 aromatic rings. The molecule has 1 N–H and O–H groups in total. The molecule has 1 aliphatic heterocycles. The molecule has 1 unspecified atom stereocenters. The average molecular weight is 286 g/mol. The Hall–Kier alpha value is -0.790. The lowest BCUT2D eigenvalue weighted by Gasteiger charge is -2.35. The fraction of sp³-hybridized carbons (Fsp3) is 0.462. The highest BCUT2D eigenvalue weighted by Gasteiger charge is 2.41. The minimum Gasteiger partial charge on any atom is -0.387 e. The Balaban J connectivity index is 2.34. The molecule has 1 aromatic carbocycles. The van der Waals surface area contributed by atoms with Gasteiger partial charge in [-0.05, 0) is 25.0 Å². The maximum absolute atomic E-state index is 10.5. The number of rotatable bonds is 2. The van der Waals surface area contributed by atoms with Crippen LogP contribution in [0.5, 0.6) is 0 Å². The molecule has 0 aliphatic carbocycles. The highest BCUT2D eigenvalue weighted by molar-refractivity contribution is 6.35. The summed E-state index contributed by atoms with van der Waals surface area (Å²) in [6.45, 7) is 0.964. The molecular weight excluding hydrogens is 273 g/mol. The summed E-state index contributed by atoms with van der Waals surface area (Å²) in [5.41, 5.74) is -0.278. The van der Waals surface area contributed by atoms with Gasteiger partial charge in [0.1, 0.15) is 0 Å². The summed E-state index contributed by atoms with van der Waals surface area (Å²) in [6, 6.07) is 7.14. The number of benzene rings is 1. The summed E-state index contributed by atoms with van der Waals surface area (Å²) in [7, 11) is 0. The molecule has 1 saturated heterocycles. The quantitative estimate of drug-likeness (QED) is 0.907. The van der Waals surface area contributed by atoms with Crippen molar-refractivity contribution < 1.29 is 9.84 Å². The molecule has 0 saturated carbocycles. The first-order valence-electron chi connectivity index (χ1n) is 5.71. The minimum absolute atomic E-state index is 0.385. The van der Waals surface area contributed by atoms with Gasteiger partial charge in [0.25, 0.3) is 0 Å². The second-order valence-corrected chi connectivity index (χ2v) is 5.29. The van der Waals surface area contributed by atoms with Crippen molar-refractivity contribution in [3.8, 4) is 6.07 Å². The van der Waals surface area contributed by atoms with E-state index in [1.165, 1.54) is 0 Å². The van der Waals surface area contributed by atoms with Crippen LogP contribution >= 0.6 is 23.2 Å². The molecule has 1 aliphatic rings. The van der Waals surface area contributed by atoms with E-state index in [1.54, 1.807) is 18.2 Å². The predicted octanol–water partition coefficient (Wildman–Crippen LogP) is 3.35. The van der Waals surface area contributed by atoms with Gasteiger partial charge in [-0.15, -0.1) is 0 Å². The van der Waals surface area contributed by atoms with Gasteiger partial charge in [0.05, 0.1) is 17.6 Å². The number of nitriles is 1. The van der Waals surface area contributed by atoms with Crippen LogP contribution in [0.2, 0.25) is 10.0 Å².